The molecule has 66 valence electrons. The average Bonchev–Trinajstić information content (AvgIpc) is 2.69. The molecule has 0 aliphatic heterocycles. The third-order valence-electron chi connectivity index (χ3n) is 2.36. The first-order valence-corrected chi connectivity index (χ1v) is 4.02. The van der Waals surface area contributed by atoms with E-state index in [0.29, 0.717) is 6.61 Å². The Kier molecular flexibility index (Phi) is 1.66. The highest BCUT2D eigenvalue weighted by Gasteiger charge is 2.48. The number of nitrogens with zero attached hydrogens (tertiary/aromatic N) is 1. The van der Waals surface area contributed by atoms with Gasteiger partial charge in [-0.3, -0.25) is 0 Å². The predicted molar refractivity (Wildman–Crippen MR) is 42.3 cm³/mol. The number of hydrogen-bond acceptors (Lipinski definition) is 4. The zero-order valence-corrected chi connectivity index (χ0v) is 7.04. The molecule has 0 aromatic carbocycles. The summed E-state index contributed by atoms with van der Waals surface area (Å²) in [5.74, 6) is 5.94. The van der Waals surface area contributed by atoms with Gasteiger partial charge in [0.1, 0.15) is 5.76 Å². The highest BCUT2D eigenvalue weighted by molar-refractivity contribution is 5.23. The lowest BCUT2D eigenvalue weighted by atomic mass is 10.1. The summed E-state index contributed by atoms with van der Waals surface area (Å²) in [7, 11) is 0. The highest BCUT2D eigenvalue weighted by Crippen LogP contribution is 2.48. The van der Waals surface area contributed by atoms with Crippen LogP contribution in [-0.2, 0) is 10.3 Å². The topological polar surface area (TPSA) is 61.3 Å². The van der Waals surface area contributed by atoms with Gasteiger partial charge >= 0.3 is 0 Å². The zero-order chi connectivity index (χ0) is 8.60. The molecule has 2 N–H and O–H groups in total. The highest BCUT2D eigenvalue weighted by atomic mass is 16.6. The smallest absolute Gasteiger partial charge is 0.145 e. The predicted octanol–water partition coefficient (Wildman–Crippen LogP) is 0.905. The Morgan fingerprint density at radius 1 is 1.75 bits per heavy atom. The lowest BCUT2D eigenvalue weighted by Crippen LogP contribution is -2.17. The monoisotopic (exact) mass is 168 g/mol. The minimum absolute atomic E-state index is 0.0377. The first kappa shape index (κ1) is 7.76. The molecule has 4 nitrogen and oxygen atoms in total. The fourth-order valence-electron chi connectivity index (χ4n) is 1.39. The summed E-state index contributed by atoms with van der Waals surface area (Å²) in [6.07, 6.45) is 2.16. The summed E-state index contributed by atoms with van der Waals surface area (Å²) in [6.45, 7) is 2.44. The van der Waals surface area contributed by atoms with Crippen molar-refractivity contribution in [1.29, 1.82) is 0 Å². The average molecular weight is 168 g/mol. The maximum Gasteiger partial charge on any atom is 0.145 e. The maximum absolute atomic E-state index is 5.16. The second-order valence-electron chi connectivity index (χ2n) is 3.42. The second kappa shape index (κ2) is 2.57. The van der Waals surface area contributed by atoms with E-state index in [1.807, 2.05) is 13.0 Å². The van der Waals surface area contributed by atoms with E-state index in [4.69, 9.17) is 10.4 Å². The molecular formula is C8H12N2O2. The van der Waals surface area contributed by atoms with Gasteiger partial charge in [-0.25, -0.2) is 5.90 Å². The summed E-state index contributed by atoms with van der Waals surface area (Å²) >= 11 is 0. The lowest BCUT2D eigenvalue weighted by Gasteiger charge is -2.07. The van der Waals surface area contributed by atoms with E-state index in [-0.39, 0.29) is 5.41 Å². The molecular weight excluding hydrogens is 156 g/mol. The number of aryl methyl sites for hydroxylation is 1. The van der Waals surface area contributed by atoms with E-state index < -0.39 is 0 Å². The number of nitrogens with two attached hydrogens (primary N) is 1. The summed E-state index contributed by atoms with van der Waals surface area (Å²) in [4.78, 5) is 4.65. The summed E-state index contributed by atoms with van der Waals surface area (Å²) in [5, 5.41) is 3.83. The Morgan fingerprint density at radius 2 is 2.50 bits per heavy atom. The number of hydrogen-bond donors (Lipinski definition) is 1. The van der Waals surface area contributed by atoms with Crippen molar-refractivity contribution >= 4 is 0 Å². The largest absolute Gasteiger partial charge is 0.360 e. The summed E-state index contributed by atoms with van der Waals surface area (Å²) in [5.41, 5.74) is 0.948. The minimum Gasteiger partial charge on any atom is -0.360 e. The fourth-order valence-corrected chi connectivity index (χ4v) is 1.39. The van der Waals surface area contributed by atoms with Crippen molar-refractivity contribution in [1.82, 2.24) is 5.16 Å². The van der Waals surface area contributed by atoms with Gasteiger partial charge in [0.25, 0.3) is 0 Å². The van der Waals surface area contributed by atoms with E-state index in [1.54, 1.807) is 0 Å². The minimum atomic E-state index is 0.0377. The first-order valence-electron chi connectivity index (χ1n) is 4.02. The van der Waals surface area contributed by atoms with Crippen LogP contribution in [0.1, 0.15) is 24.3 Å². The van der Waals surface area contributed by atoms with Gasteiger partial charge in [-0.15, -0.1) is 0 Å². The number of aromatic nitrogens is 1. The molecule has 0 unspecified atom stereocenters. The molecule has 0 bridgehead atoms. The molecule has 0 atom stereocenters. The Hall–Kier alpha value is -0.870. The SMILES string of the molecule is Cc1cc(C2(CON)CC2)on1. The molecule has 0 spiro atoms. The molecule has 1 aromatic heterocycles. The van der Waals surface area contributed by atoms with Crippen molar-refractivity contribution in [3.8, 4) is 0 Å². The quantitative estimate of drug-likeness (QED) is 0.681. The Labute approximate surface area is 70.6 Å². The zero-order valence-electron chi connectivity index (χ0n) is 7.04. The molecule has 12 heavy (non-hydrogen) atoms. The van der Waals surface area contributed by atoms with Gasteiger partial charge < -0.3 is 9.36 Å². The first-order chi connectivity index (χ1) is 5.77. The molecule has 2 rings (SSSR count). The second-order valence-corrected chi connectivity index (χ2v) is 3.42. The van der Waals surface area contributed by atoms with Gasteiger partial charge in [-0.05, 0) is 19.8 Å². The van der Waals surface area contributed by atoms with Crippen LogP contribution in [0.25, 0.3) is 0 Å². The van der Waals surface area contributed by atoms with Crippen molar-refractivity contribution in [3.63, 3.8) is 0 Å². The van der Waals surface area contributed by atoms with E-state index in [0.717, 1.165) is 24.3 Å². The molecule has 4 heteroatoms. The van der Waals surface area contributed by atoms with Crippen LogP contribution in [0.15, 0.2) is 10.6 Å². The Balaban J connectivity index is 2.18. The van der Waals surface area contributed by atoms with Gasteiger partial charge in [0.15, 0.2) is 0 Å². The van der Waals surface area contributed by atoms with Crippen LogP contribution in [0.5, 0.6) is 0 Å². The fraction of sp³-hybridized carbons (Fsp3) is 0.625. The standard InChI is InChI=1S/C8H12N2O2/c1-6-4-7(12-10-6)8(2-3-8)5-11-9/h4H,2-3,5,9H2,1H3. The van der Waals surface area contributed by atoms with E-state index in [2.05, 4.69) is 9.99 Å². The number of rotatable bonds is 3. The van der Waals surface area contributed by atoms with Crippen molar-refractivity contribution in [2.75, 3.05) is 6.61 Å². The summed E-state index contributed by atoms with van der Waals surface area (Å²) in [6, 6.07) is 1.95. The van der Waals surface area contributed by atoms with Crippen LogP contribution in [0.2, 0.25) is 0 Å². The van der Waals surface area contributed by atoms with Gasteiger partial charge in [-0.2, -0.15) is 0 Å². The third kappa shape index (κ3) is 1.13. The van der Waals surface area contributed by atoms with E-state index in [9.17, 15) is 0 Å². The normalized spacial score (nSPS) is 19.5. The van der Waals surface area contributed by atoms with Crippen LogP contribution in [-0.4, -0.2) is 11.8 Å². The molecule has 0 amide bonds. The molecule has 1 aliphatic rings. The van der Waals surface area contributed by atoms with Gasteiger partial charge in [0.2, 0.25) is 0 Å². The summed E-state index contributed by atoms with van der Waals surface area (Å²) < 4.78 is 5.16. The van der Waals surface area contributed by atoms with E-state index in [1.165, 1.54) is 0 Å². The van der Waals surface area contributed by atoms with Gasteiger partial charge in [0.05, 0.1) is 17.7 Å². The van der Waals surface area contributed by atoms with Gasteiger partial charge in [0, 0.05) is 6.07 Å². The van der Waals surface area contributed by atoms with Crippen molar-refractivity contribution in [3.05, 3.63) is 17.5 Å². The maximum atomic E-state index is 5.16. The van der Waals surface area contributed by atoms with Crippen molar-refractivity contribution in [2.24, 2.45) is 5.90 Å². The van der Waals surface area contributed by atoms with E-state index >= 15 is 0 Å². The van der Waals surface area contributed by atoms with Crippen LogP contribution >= 0.6 is 0 Å². The molecule has 1 aliphatic carbocycles. The van der Waals surface area contributed by atoms with Crippen molar-refractivity contribution in [2.45, 2.75) is 25.2 Å². The molecule has 1 fully saturated rings. The van der Waals surface area contributed by atoms with Crippen LogP contribution < -0.4 is 5.90 Å². The third-order valence-corrected chi connectivity index (χ3v) is 2.36. The lowest BCUT2D eigenvalue weighted by molar-refractivity contribution is 0.107. The van der Waals surface area contributed by atoms with Gasteiger partial charge in [-0.1, -0.05) is 5.16 Å². The van der Waals surface area contributed by atoms with Crippen LogP contribution in [0.4, 0.5) is 0 Å². The Morgan fingerprint density at radius 3 is 2.92 bits per heavy atom. The Bertz CT molecular complexity index is 278. The van der Waals surface area contributed by atoms with Crippen LogP contribution in [0.3, 0.4) is 0 Å². The molecule has 1 aromatic rings. The molecule has 0 radical (unpaired) electrons. The van der Waals surface area contributed by atoms with Crippen molar-refractivity contribution < 1.29 is 9.36 Å². The molecule has 0 saturated heterocycles. The molecule has 1 saturated carbocycles. The molecule has 1 heterocycles. The van der Waals surface area contributed by atoms with Crippen LogP contribution in [0, 0.1) is 6.92 Å².